The molecule has 0 fully saturated rings. The van der Waals surface area contributed by atoms with Gasteiger partial charge in [-0.1, -0.05) is 108 Å². The second-order valence-corrected chi connectivity index (χ2v) is 40.5. The lowest BCUT2D eigenvalue weighted by atomic mass is 9.99. The van der Waals surface area contributed by atoms with Crippen molar-refractivity contribution in [2.45, 2.75) is 184 Å². The molecule has 0 bridgehead atoms. The number of ether oxygens (including phenoxy) is 6. The number of nitrogens with one attached hydrogen (secondary N) is 3. The first-order valence-electron chi connectivity index (χ1n) is 42.5. The molecule has 10 aromatic rings. The van der Waals surface area contributed by atoms with E-state index in [0.29, 0.717) is 104 Å². The molecule has 0 saturated heterocycles. The number of fused-ring (bicyclic) bond motifs is 16. The van der Waals surface area contributed by atoms with Crippen LogP contribution >= 0.6 is 34.2 Å². The van der Waals surface area contributed by atoms with E-state index >= 15 is 0 Å². The van der Waals surface area contributed by atoms with Crippen LogP contribution in [-0.4, -0.2) is 114 Å². The van der Waals surface area contributed by atoms with Gasteiger partial charge < -0.3 is 59.1 Å². The molecule has 8 aliphatic heterocycles. The summed E-state index contributed by atoms with van der Waals surface area (Å²) in [6.45, 7) is 12.4. The molecular formula is C99H100N8O15S4. The molecule has 0 radical (unpaired) electrons. The third-order valence-corrected chi connectivity index (χ3v) is 28.6. The first-order valence-corrected chi connectivity index (χ1v) is 47.0. The summed E-state index contributed by atoms with van der Waals surface area (Å²) in [5.74, 6) is 2.13. The molecule has 0 aliphatic carbocycles. The van der Waals surface area contributed by atoms with Gasteiger partial charge in [-0.25, -0.2) is 0 Å². The molecule has 4 N–H and O–H groups in total. The maximum absolute atomic E-state index is 14.1. The number of para-hydroxylation sites is 4. The van der Waals surface area contributed by atoms with Gasteiger partial charge in [0.25, 0.3) is 33.7 Å². The van der Waals surface area contributed by atoms with Crippen molar-refractivity contribution < 1.29 is 70.2 Å². The molecule has 6 amide bonds. The van der Waals surface area contributed by atoms with Gasteiger partial charge in [-0.05, 0) is 256 Å². The minimum absolute atomic E-state index is 0.0185. The van der Waals surface area contributed by atoms with Gasteiger partial charge in [0.1, 0.15) is 37.9 Å². The fourth-order valence-corrected chi connectivity index (χ4v) is 21.7. The number of methoxy groups -OCH3 is 2. The summed E-state index contributed by atoms with van der Waals surface area (Å²) in [7, 11) is 1.93. The number of thiol groups is 1. The van der Waals surface area contributed by atoms with Crippen LogP contribution in [0.5, 0.6) is 34.5 Å². The van der Waals surface area contributed by atoms with Crippen molar-refractivity contribution in [2.75, 3.05) is 56.0 Å². The Bertz CT molecular complexity index is 6190. The van der Waals surface area contributed by atoms with Crippen LogP contribution in [0.3, 0.4) is 0 Å². The molecule has 0 aromatic heterocycles. The topological polar surface area (TPSA) is 274 Å². The minimum Gasteiger partial charge on any atom is -0.493 e. The summed E-state index contributed by atoms with van der Waals surface area (Å²) in [6.07, 6.45) is 11.5. The highest BCUT2D eigenvalue weighted by Crippen LogP contribution is 2.48. The van der Waals surface area contributed by atoms with E-state index in [2.05, 4.69) is 60.6 Å². The number of hydrogen-bond donors (Lipinski definition) is 5. The summed E-state index contributed by atoms with van der Waals surface area (Å²) >= 11 is 4.58. The van der Waals surface area contributed by atoms with Crippen LogP contribution in [0, 0.1) is 13.8 Å². The number of benzene rings is 10. The SMILES string of the molecule is COc1cc2c(cc1OCc1cc(COc3cc4c(cc3C)C(=O)N3c5ccccc5C[C@H]3C(S(=O)(=O)O)N4)cc(NC(=O)CCC(C)(C)S)c1)CC[C@@H]1Cc3ccccc3N1C2=O.COc1cc2c(cc1OCc1cc(COc3cc4c(cc3C)C(=O)N3c5ccccc5C[C@H]3C=N4)cc(NC(=O)CCC(C)(C)SSC)c1)CC[C@@H]1Cc3ccccc3N1C2=O. The Morgan fingerprint density at radius 2 is 0.921 bits per heavy atom. The zero-order valence-corrected chi connectivity index (χ0v) is 75.0. The maximum atomic E-state index is 14.1. The first-order chi connectivity index (χ1) is 60.5. The Hall–Kier alpha value is -11.8. The average molecular weight is 1770 g/mol. The smallest absolute Gasteiger partial charge is 0.288 e. The molecule has 8 aliphatic rings. The summed E-state index contributed by atoms with van der Waals surface area (Å²) in [6, 6.07) is 56.4. The second-order valence-electron chi connectivity index (χ2n) is 34.7. The van der Waals surface area contributed by atoms with Crippen molar-refractivity contribution in [1.82, 2.24) is 0 Å². The Labute approximate surface area is 747 Å². The lowest BCUT2D eigenvalue weighted by Crippen LogP contribution is -2.49. The van der Waals surface area contributed by atoms with Gasteiger partial charge in [0.15, 0.2) is 28.4 Å². The van der Waals surface area contributed by atoms with Gasteiger partial charge in [-0.3, -0.25) is 43.2 Å². The van der Waals surface area contributed by atoms with Crippen molar-refractivity contribution in [3.8, 4) is 34.5 Å². The summed E-state index contributed by atoms with van der Waals surface area (Å²) < 4.78 is 73.1. The van der Waals surface area contributed by atoms with E-state index in [9.17, 15) is 41.7 Å². The summed E-state index contributed by atoms with van der Waals surface area (Å²) in [5.41, 5.74) is 18.1. The fraction of sp³-hybridized carbons (Fsp3) is 0.323. The predicted molar refractivity (Wildman–Crippen MR) is 499 cm³/mol. The Kier molecular flexibility index (Phi) is 24.4. The van der Waals surface area contributed by atoms with E-state index in [1.54, 1.807) is 73.1 Å². The number of anilines is 7. The molecule has 0 saturated carbocycles. The van der Waals surface area contributed by atoms with E-state index in [-0.39, 0.29) is 108 Å². The Morgan fingerprint density at radius 3 is 1.40 bits per heavy atom. The van der Waals surface area contributed by atoms with Gasteiger partial charge in [-0.2, -0.15) is 21.0 Å². The predicted octanol–water partition coefficient (Wildman–Crippen LogP) is 18.8. The molecule has 1 unspecified atom stereocenters. The van der Waals surface area contributed by atoms with Gasteiger partial charge >= 0.3 is 0 Å². The normalized spacial score (nSPS) is 17.9. The molecular weight excluding hydrogens is 1670 g/mol. The highest BCUT2D eigenvalue weighted by molar-refractivity contribution is 8.76. The van der Waals surface area contributed by atoms with Gasteiger partial charge in [0, 0.05) is 104 Å². The monoisotopic (exact) mass is 1770 g/mol. The molecule has 650 valence electrons. The fourth-order valence-electron chi connectivity index (χ4n) is 18.5. The van der Waals surface area contributed by atoms with E-state index in [1.807, 2.05) is 181 Å². The van der Waals surface area contributed by atoms with E-state index in [0.717, 1.165) is 107 Å². The van der Waals surface area contributed by atoms with E-state index in [1.165, 1.54) is 16.0 Å². The summed E-state index contributed by atoms with van der Waals surface area (Å²) in [4.78, 5) is 94.7. The molecule has 126 heavy (non-hydrogen) atoms. The number of aliphatic imine (C=N–C) groups is 1. The number of carbonyl (C=O) groups excluding carboxylic acids is 6. The number of nitrogens with zero attached hydrogens (tertiary/aromatic N) is 5. The molecule has 8 heterocycles. The molecule has 23 nitrogen and oxygen atoms in total. The lowest BCUT2D eigenvalue weighted by molar-refractivity contribution is -0.117. The molecule has 0 spiro atoms. The van der Waals surface area contributed by atoms with Crippen molar-refractivity contribution >= 4 is 131 Å². The van der Waals surface area contributed by atoms with E-state index in [4.69, 9.17) is 33.4 Å². The van der Waals surface area contributed by atoms with Crippen LogP contribution in [0.4, 0.5) is 45.5 Å². The van der Waals surface area contributed by atoms with Crippen LogP contribution in [0.1, 0.15) is 174 Å². The largest absolute Gasteiger partial charge is 0.493 e. The molecule has 5 atom stereocenters. The Balaban J connectivity index is 0.000000178. The van der Waals surface area contributed by atoms with Crippen molar-refractivity contribution in [1.29, 1.82) is 0 Å². The standard InChI is InChI=1S/C50H50N4O6S2.C49H50N4O9S2/c1-30-18-40-41(51-27-38-23-35-11-7-9-13-43(35)54(38)49(40)57)26-44(30)59-28-31-19-32(21-36(20-31)52-47(55)16-17-50(2,3)62-61-5)29-60-46-24-33-14-15-37-22-34-10-6-8-12-42(34)53(37)48(56)39(33)25-45(46)58-4;1-28-17-37-38(51-46(64(57,58)59)41-22-33-10-6-8-12-40(33)53(41)48(37)56)25-42(28)61-26-29-18-30(20-34(19-29)50-45(54)15-16-49(2,3)63)27-62-44-23-31-13-14-35-21-32-9-5-7-11-39(32)52(35)47(55)36(31)24-43(44)60-4/h6-13,18-21,24-27,37-38H,14-17,22-23,28-29H2,1-5H3,(H,52,55);5-12,17-20,23-25,35,41,46,51,63H,13-16,21-22,26-27H2,1-4H3,(H,50,54)(H,57,58,59)/t37-,38+;35-,41+,46?/m11/s1. The van der Waals surface area contributed by atoms with Crippen molar-refractivity contribution in [3.63, 3.8) is 0 Å². The van der Waals surface area contributed by atoms with Crippen LogP contribution in [0.25, 0.3) is 0 Å². The van der Waals surface area contributed by atoms with Crippen LogP contribution in [-0.2, 0) is 84.7 Å². The van der Waals surface area contributed by atoms with Crippen LogP contribution in [0.15, 0.2) is 187 Å². The second kappa shape index (κ2) is 35.6. The van der Waals surface area contributed by atoms with Gasteiger partial charge in [0.2, 0.25) is 11.8 Å². The molecule has 18 rings (SSSR count). The van der Waals surface area contributed by atoms with Gasteiger partial charge in [0.05, 0.1) is 48.8 Å². The lowest BCUT2D eigenvalue weighted by Gasteiger charge is -2.27. The van der Waals surface area contributed by atoms with Gasteiger partial charge in [-0.15, -0.1) is 0 Å². The van der Waals surface area contributed by atoms with E-state index < -0.39 is 27.4 Å². The average Bonchev–Trinajstić information content (AvgIpc) is 1.60. The highest BCUT2D eigenvalue weighted by atomic mass is 33.1. The van der Waals surface area contributed by atoms with Crippen molar-refractivity contribution in [3.05, 3.63) is 271 Å². The Morgan fingerprint density at radius 1 is 0.500 bits per heavy atom. The highest BCUT2D eigenvalue weighted by Gasteiger charge is 2.48. The molecule has 10 aromatic carbocycles. The zero-order chi connectivity index (χ0) is 88.2. The number of rotatable bonds is 25. The molecule has 27 heteroatoms. The minimum atomic E-state index is -4.67. The van der Waals surface area contributed by atoms with Crippen LogP contribution in [0.2, 0.25) is 0 Å². The number of amides is 6. The van der Waals surface area contributed by atoms with Crippen molar-refractivity contribution in [2.24, 2.45) is 4.99 Å². The third-order valence-electron chi connectivity index (χ3n) is 24.7. The quantitative estimate of drug-likeness (QED) is 0.0202. The number of carbonyl (C=O) groups is 6. The third kappa shape index (κ3) is 18.1. The number of hydrogen-bond acceptors (Lipinski definition) is 19. The van der Waals surface area contributed by atoms with Crippen LogP contribution < -0.4 is 64.0 Å². The zero-order valence-electron chi connectivity index (χ0n) is 71.7. The number of aryl methyl sites for hydroxylation is 4. The maximum Gasteiger partial charge on any atom is 0.288 e. The first kappa shape index (κ1) is 86.4. The summed E-state index contributed by atoms with van der Waals surface area (Å²) in [5, 5.41) is 7.62.